The average molecular weight is 966 g/mol. The van der Waals surface area contributed by atoms with E-state index in [2.05, 4.69) is 75.5 Å². The first-order valence-electron chi connectivity index (χ1n) is 29.8. The third kappa shape index (κ3) is 55.9. The topological polar surface area (TPSA) is 78.9 Å². The molecule has 400 valence electrons. The zero-order chi connectivity index (χ0) is 50.0. The van der Waals surface area contributed by atoms with Crippen LogP contribution >= 0.6 is 0 Å². The monoisotopic (exact) mass is 965 g/mol. The largest absolute Gasteiger partial charge is 0.462 e. The highest BCUT2D eigenvalue weighted by molar-refractivity contribution is 5.71. The standard InChI is InChI=1S/C63H112O6/c1-4-7-10-13-16-19-22-25-27-28-29-30-31-32-33-34-35-36-39-41-44-47-50-53-56-62(65)68-59-60(58-67-61(64)55-52-49-46-43-40-37-24-21-18-15-12-9-6-3)69-63(66)57-54-51-48-45-42-38-26-23-20-17-14-11-8-5-2/h9,12,18,21,23,26,37,40,46,49,60H,4-8,10-11,13-17,19-20,22,24-25,27-36,38-39,41-45,47-48,50-59H2,1-3H3/b12-9-,21-18-,26-23-,40-37-,49-46-. The molecule has 1 atom stereocenters. The van der Waals surface area contributed by atoms with Crippen LogP contribution in [0.5, 0.6) is 0 Å². The van der Waals surface area contributed by atoms with Crippen molar-refractivity contribution < 1.29 is 28.6 Å². The summed E-state index contributed by atoms with van der Waals surface area (Å²) in [6.45, 7) is 6.48. The summed E-state index contributed by atoms with van der Waals surface area (Å²) in [4.78, 5) is 38.1. The maximum atomic E-state index is 12.8. The summed E-state index contributed by atoms with van der Waals surface area (Å²) in [5.74, 6) is -0.979. The third-order valence-corrected chi connectivity index (χ3v) is 13.0. The quantitative estimate of drug-likeness (QED) is 0.0262. The fourth-order valence-electron chi connectivity index (χ4n) is 8.57. The van der Waals surface area contributed by atoms with Gasteiger partial charge in [0, 0.05) is 19.3 Å². The highest BCUT2D eigenvalue weighted by atomic mass is 16.6. The van der Waals surface area contributed by atoms with Gasteiger partial charge in [-0.1, -0.05) is 274 Å². The second-order valence-electron chi connectivity index (χ2n) is 19.9. The van der Waals surface area contributed by atoms with Crippen molar-refractivity contribution in [3.05, 3.63) is 60.8 Å². The summed E-state index contributed by atoms with van der Waals surface area (Å²) in [5, 5.41) is 0. The molecule has 0 saturated heterocycles. The van der Waals surface area contributed by atoms with Crippen molar-refractivity contribution in [2.75, 3.05) is 13.2 Å². The van der Waals surface area contributed by atoms with E-state index in [-0.39, 0.29) is 37.5 Å². The molecule has 0 aliphatic heterocycles. The number of carbonyl (C=O) groups excluding carboxylic acids is 3. The van der Waals surface area contributed by atoms with Crippen molar-refractivity contribution in [1.82, 2.24) is 0 Å². The summed E-state index contributed by atoms with van der Waals surface area (Å²) in [6, 6.07) is 0. The lowest BCUT2D eigenvalue weighted by atomic mass is 10.0. The number of unbranched alkanes of at least 4 members (excludes halogenated alkanes) is 33. The van der Waals surface area contributed by atoms with Crippen LogP contribution in [0, 0.1) is 0 Å². The Morgan fingerprint density at radius 3 is 0.971 bits per heavy atom. The van der Waals surface area contributed by atoms with E-state index >= 15 is 0 Å². The van der Waals surface area contributed by atoms with Crippen LogP contribution < -0.4 is 0 Å². The maximum Gasteiger partial charge on any atom is 0.306 e. The predicted octanol–water partition coefficient (Wildman–Crippen LogP) is 20.0. The van der Waals surface area contributed by atoms with E-state index < -0.39 is 6.10 Å². The molecule has 6 nitrogen and oxygen atoms in total. The lowest BCUT2D eigenvalue weighted by Gasteiger charge is -2.18. The SMILES string of the molecule is CC/C=C\C/C=C\C/C=C\C/C=C\CCC(=O)OCC(COC(=O)CCCCCCCCCCCCCCCCCCCCCCCCCC)OC(=O)CCCCCCC/C=C\CCCCCCC. The van der Waals surface area contributed by atoms with Gasteiger partial charge >= 0.3 is 17.9 Å². The maximum absolute atomic E-state index is 12.8. The van der Waals surface area contributed by atoms with E-state index in [1.807, 2.05) is 6.08 Å². The molecule has 0 aliphatic rings. The first kappa shape index (κ1) is 66.1. The molecule has 0 aromatic heterocycles. The lowest BCUT2D eigenvalue weighted by Crippen LogP contribution is -2.30. The number of carbonyl (C=O) groups is 3. The minimum Gasteiger partial charge on any atom is -0.462 e. The highest BCUT2D eigenvalue weighted by Gasteiger charge is 2.19. The Morgan fingerprint density at radius 2 is 0.594 bits per heavy atom. The molecule has 69 heavy (non-hydrogen) atoms. The molecule has 1 unspecified atom stereocenters. The number of hydrogen-bond acceptors (Lipinski definition) is 6. The van der Waals surface area contributed by atoms with Crippen molar-refractivity contribution in [2.45, 2.75) is 309 Å². The fraction of sp³-hybridized carbons (Fsp3) is 0.794. The van der Waals surface area contributed by atoms with Gasteiger partial charge in [0.25, 0.3) is 0 Å². The number of esters is 3. The van der Waals surface area contributed by atoms with Crippen molar-refractivity contribution >= 4 is 17.9 Å². The van der Waals surface area contributed by atoms with Crippen LogP contribution in [0.15, 0.2) is 60.8 Å². The second-order valence-corrected chi connectivity index (χ2v) is 19.9. The molecule has 0 N–H and O–H groups in total. The van der Waals surface area contributed by atoms with Crippen LogP contribution in [0.4, 0.5) is 0 Å². The summed E-state index contributed by atoms with van der Waals surface area (Å²) < 4.78 is 16.8. The average Bonchev–Trinajstić information content (AvgIpc) is 3.35. The Balaban J connectivity index is 4.29. The normalized spacial score (nSPS) is 12.4. The van der Waals surface area contributed by atoms with Crippen LogP contribution in [0.25, 0.3) is 0 Å². The van der Waals surface area contributed by atoms with E-state index in [1.165, 1.54) is 180 Å². The fourth-order valence-corrected chi connectivity index (χ4v) is 8.57. The Labute approximate surface area is 428 Å². The first-order valence-corrected chi connectivity index (χ1v) is 29.8. The molecule has 0 heterocycles. The third-order valence-electron chi connectivity index (χ3n) is 13.0. The van der Waals surface area contributed by atoms with Gasteiger partial charge in [0.15, 0.2) is 6.10 Å². The Bertz CT molecular complexity index is 1250. The van der Waals surface area contributed by atoms with E-state index in [9.17, 15) is 14.4 Å². The predicted molar refractivity (Wildman–Crippen MR) is 298 cm³/mol. The van der Waals surface area contributed by atoms with Crippen molar-refractivity contribution in [3.8, 4) is 0 Å². The van der Waals surface area contributed by atoms with Crippen molar-refractivity contribution in [1.29, 1.82) is 0 Å². The Hall–Kier alpha value is -2.89. The lowest BCUT2D eigenvalue weighted by molar-refractivity contribution is -0.166. The molecule has 6 heteroatoms. The van der Waals surface area contributed by atoms with Crippen LogP contribution in [0.2, 0.25) is 0 Å². The zero-order valence-electron chi connectivity index (χ0n) is 45.8. The van der Waals surface area contributed by atoms with Gasteiger partial charge in [-0.3, -0.25) is 14.4 Å². The smallest absolute Gasteiger partial charge is 0.306 e. The molecule has 0 amide bonds. The van der Waals surface area contributed by atoms with Gasteiger partial charge in [-0.15, -0.1) is 0 Å². The Morgan fingerprint density at radius 1 is 0.304 bits per heavy atom. The van der Waals surface area contributed by atoms with Gasteiger partial charge in [-0.05, 0) is 70.6 Å². The van der Waals surface area contributed by atoms with E-state index in [4.69, 9.17) is 14.2 Å². The summed E-state index contributed by atoms with van der Waals surface area (Å²) in [6.07, 6.45) is 72.5. The molecule has 0 aromatic carbocycles. The van der Waals surface area contributed by atoms with Crippen LogP contribution in [0.3, 0.4) is 0 Å². The molecule has 0 saturated carbocycles. The van der Waals surface area contributed by atoms with Gasteiger partial charge in [0.1, 0.15) is 13.2 Å². The van der Waals surface area contributed by atoms with E-state index in [0.717, 1.165) is 77.0 Å². The van der Waals surface area contributed by atoms with Crippen LogP contribution in [-0.4, -0.2) is 37.2 Å². The number of ether oxygens (including phenoxy) is 3. The van der Waals surface area contributed by atoms with Crippen LogP contribution in [0.1, 0.15) is 303 Å². The number of allylic oxidation sites excluding steroid dienone is 10. The van der Waals surface area contributed by atoms with Gasteiger partial charge in [0.2, 0.25) is 0 Å². The van der Waals surface area contributed by atoms with Crippen molar-refractivity contribution in [3.63, 3.8) is 0 Å². The van der Waals surface area contributed by atoms with Gasteiger partial charge in [0.05, 0.1) is 0 Å². The summed E-state index contributed by atoms with van der Waals surface area (Å²) >= 11 is 0. The molecule has 0 spiro atoms. The minimum atomic E-state index is -0.805. The molecule has 0 rings (SSSR count). The van der Waals surface area contributed by atoms with Crippen molar-refractivity contribution in [2.24, 2.45) is 0 Å². The number of rotatable bonds is 54. The molecule has 0 bridgehead atoms. The molecular formula is C63H112O6. The van der Waals surface area contributed by atoms with E-state index in [1.54, 1.807) is 0 Å². The molecule has 0 aliphatic carbocycles. The Kier molecular flexibility index (Phi) is 55.3. The van der Waals surface area contributed by atoms with Gasteiger partial charge in [-0.25, -0.2) is 0 Å². The van der Waals surface area contributed by atoms with Gasteiger partial charge in [-0.2, -0.15) is 0 Å². The van der Waals surface area contributed by atoms with Gasteiger partial charge < -0.3 is 14.2 Å². The molecular weight excluding hydrogens is 853 g/mol. The molecule has 0 aromatic rings. The van der Waals surface area contributed by atoms with Crippen LogP contribution in [-0.2, 0) is 28.6 Å². The summed E-state index contributed by atoms with van der Waals surface area (Å²) in [5.41, 5.74) is 0. The second kappa shape index (κ2) is 57.7. The number of hydrogen-bond donors (Lipinski definition) is 0. The molecule has 0 radical (unpaired) electrons. The zero-order valence-corrected chi connectivity index (χ0v) is 45.8. The highest BCUT2D eigenvalue weighted by Crippen LogP contribution is 2.17. The van der Waals surface area contributed by atoms with E-state index in [0.29, 0.717) is 19.3 Å². The first-order chi connectivity index (χ1) is 34.0. The summed E-state index contributed by atoms with van der Waals surface area (Å²) in [7, 11) is 0. The molecule has 0 fully saturated rings. The minimum absolute atomic E-state index is 0.0968.